The second-order valence-electron chi connectivity index (χ2n) is 4.19. The van der Waals surface area contributed by atoms with E-state index in [1.807, 2.05) is 0 Å². The van der Waals surface area contributed by atoms with E-state index in [4.69, 9.17) is 10.5 Å². The van der Waals surface area contributed by atoms with Crippen LogP contribution < -0.4 is 15.8 Å². The molecule has 0 bridgehead atoms. The first-order valence-electron chi connectivity index (χ1n) is 5.96. The Morgan fingerprint density at radius 2 is 1.86 bits per heavy atom. The number of nitrogens with two attached hydrogens (primary N) is 1. The highest BCUT2D eigenvalue weighted by Crippen LogP contribution is 2.29. The molecular weight excluding hydrogens is 285 g/mol. The molecule has 0 aliphatic heterocycles. The van der Waals surface area contributed by atoms with Gasteiger partial charge in [-0.25, -0.2) is 4.98 Å². The second kappa shape index (κ2) is 5.86. The number of nitrogens with zero attached hydrogens (tertiary/aromatic N) is 2. The van der Waals surface area contributed by atoms with Crippen molar-refractivity contribution in [2.24, 2.45) is 0 Å². The van der Waals surface area contributed by atoms with Crippen LogP contribution in [0.2, 0.25) is 0 Å². The molecule has 112 valence electrons. The highest BCUT2D eigenvalue weighted by molar-refractivity contribution is 5.66. The number of hydrogen-bond donors (Lipinski definition) is 2. The smallest absolute Gasteiger partial charge is 0.416 e. The molecule has 3 N–H and O–H groups in total. The number of nitrogens with one attached hydrogen (secondary N) is 1. The molecule has 0 atom stereocenters. The first kappa shape index (κ1) is 14.9. The molecule has 0 amide bonds. The van der Waals surface area contributed by atoms with Gasteiger partial charge >= 0.3 is 6.18 Å². The molecule has 1 heterocycles. The predicted molar refractivity (Wildman–Crippen MR) is 71.8 cm³/mol. The number of halogens is 3. The number of anilines is 2. The Kier molecular flexibility index (Phi) is 4.15. The number of benzene rings is 1. The third kappa shape index (κ3) is 3.53. The van der Waals surface area contributed by atoms with Gasteiger partial charge in [-0.05, 0) is 17.7 Å². The standard InChI is InChI=1S/C13H13F3N4O/c1-21-12-10(17)11(19-7-20-12)18-6-8-2-4-9(5-3-8)13(14,15)16/h2-5,7H,6,17H2,1H3,(H,18,19,20). The van der Waals surface area contributed by atoms with Crippen LogP contribution in [-0.4, -0.2) is 17.1 Å². The molecule has 0 radical (unpaired) electrons. The molecule has 0 aliphatic carbocycles. The molecule has 5 nitrogen and oxygen atoms in total. The molecule has 0 aliphatic rings. The van der Waals surface area contributed by atoms with E-state index >= 15 is 0 Å². The molecule has 0 saturated carbocycles. The van der Waals surface area contributed by atoms with E-state index in [-0.39, 0.29) is 18.1 Å². The Hall–Kier alpha value is -2.51. The highest BCUT2D eigenvalue weighted by Gasteiger charge is 2.29. The monoisotopic (exact) mass is 298 g/mol. The highest BCUT2D eigenvalue weighted by atomic mass is 19.4. The molecular formula is C13H13F3N4O. The third-order valence-electron chi connectivity index (χ3n) is 2.78. The van der Waals surface area contributed by atoms with Crippen molar-refractivity contribution >= 4 is 11.5 Å². The Bertz CT molecular complexity index is 614. The van der Waals surface area contributed by atoms with Crippen molar-refractivity contribution in [1.29, 1.82) is 0 Å². The summed E-state index contributed by atoms with van der Waals surface area (Å²) in [6.45, 7) is 0.280. The van der Waals surface area contributed by atoms with E-state index in [0.29, 0.717) is 11.4 Å². The fourth-order valence-corrected chi connectivity index (χ4v) is 1.68. The van der Waals surface area contributed by atoms with Crippen LogP contribution in [0.15, 0.2) is 30.6 Å². The lowest BCUT2D eigenvalue weighted by atomic mass is 10.1. The minimum Gasteiger partial charge on any atom is -0.479 e. The average Bonchev–Trinajstić information content (AvgIpc) is 2.46. The van der Waals surface area contributed by atoms with Crippen LogP contribution >= 0.6 is 0 Å². The lowest BCUT2D eigenvalue weighted by Gasteiger charge is -2.11. The first-order valence-corrected chi connectivity index (χ1v) is 5.96. The zero-order valence-corrected chi connectivity index (χ0v) is 11.1. The van der Waals surface area contributed by atoms with Gasteiger partial charge in [0.25, 0.3) is 0 Å². The van der Waals surface area contributed by atoms with Gasteiger partial charge in [-0.2, -0.15) is 18.2 Å². The Balaban J connectivity index is 2.07. The molecule has 1 aromatic carbocycles. The van der Waals surface area contributed by atoms with Gasteiger partial charge in [-0.3, -0.25) is 0 Å². The number of rotatable bonds is 4. The summed E-state index contributed by atoms with van der Waals surface area (Å²) in [4.78, 5) is 7.78. The van der Waals surface area contributed by atoms with Crippen LogP contribution in [0, 0.1) is 0 Å². The van der Waals surface area contributed by atoms with Gasteiger partial charge in [0.2, 0.25) is 5.88 Å². The minimum absolute atomic E-state index is 0.236. The van der Waals surface area contributed by atoms with Crippen molar-refractivity contribution in [1.82, 2.24) is 9.97 Å². The third-order valence-corrected chi connectivity index (χ3v) is 2.78. The number of alkyl halides is 3. The van der Waals surface area contributed by atoms with E-state index < -0.39 is 11.7 Å². The van der Waals surface area contributed by atoms with Crippen LogP contribution in [0.1, 0.15) is 11.1 Å². The van der Waals surface area contributed by atoms with Gasteiger partial charge in [0.15, 0.2) is 5.82 Å². The fraction of sp³-hybridized carbons (Fsp3) is 0.231. The molecule has 1 aromatic heterocycles. The summed E-state index contributed by atoms with van der Waals surface area (Å²) in [5, 5.41) is 2.92. The van der Waals surface area contributed by atoms with Gasteiger partial charge in [0, 0.05) is 6.54 Å². The van der Waals surface area contributed by atoms with Crippen LogP contribution in [0.4, 0.5) is 24.7 Å². The van der Waals surface area contributed by atoms with Crippen molar-refractivity contribution in [2.45, 2.75) is 12.7 Å². The van der Waals surface area contributed by atoms with Gasteiger partial charge in [-0.1, -0.05) is 12.1 Å². The first-order chi connectivity index (χ1) is 9.91. The van der Waals surface area contributed by atoms with Gasteiger partial charge in [0.1, 0.15) is 12.0 Å². The minimum atomic E-state index is -4.34. The van der Waals surface area contributed by atoms with Crippen molar-refractivity contribution in [3.05, 3.63) is 41.7 Å². The van der Waals surface area contributed by atoms with Gasteiger partial charge < -0.3 is 15.8 Å². The van der Waals surface area contributed by atoms with E-state index in [0.717, 1.165) is 12.1 Å². The zero-order chi connectivity index (χ0) is 15.5. The molecule has 0 fully saturated rings. The van der Waals surface area contributed by atoms with Crippen LogP contribution in [-0.2, 0) is 12.7 Å². The Morgan fingerprint density at radius 3 is 2.43 bits per heavy atom. The zero-order valence-electron chi connectivity index (χ0n) is 11.1. The number of aromatic nitrogens is 2. The number of hydrogen-bond acceptors (Lipinski definition) is 5. The molecule has 8 heteroatoms. The van der Waals surface area contributed by atoms with E-state index in [2.05, 4.69) is 15.3 Å². The summed E-state index contributed by atoms with van der Waals surface area (Å²) in [6, 6.07) is 4.84. The van der Waals surface area contributed by atoms with E-state index in [9.17, 15) is 13.2 Å². The summed E-state index contributed by atoms with van der Waals surface area (Å²) in [5.41, 5.74) is 6.00. The summed E-state index contributed by atoms with van der Waals surface area (Å²) in [6.07, 6.45) is -3.05. The SMILES string of the molecule is COc1ncnc(NCc2ccc(C(F)(F)F)cc2)c1N. The lowest BCUT2D eigenvalue weighted by molar-refractivity contribution is -0.137. The van der Waals surface area contributed by atoms with E-state index in [1.165, 1.54) is 25.6 Å². The largest absolute Gasteiger partial charge is 0.479 e. The summed E-state index contributed by atoms with van der Waals surface area (Å²) in [5.74, 6) is 0.599. The van der Waals surface area contributed by atoms with Crippen LogP contribution in [0.5, 0.6) is 5.88 Å². The lowest BCUT2D eigenvalue weighted by Crippen LogP contribution is -2.08. The molecule has 2 aromatic rings. The summed E-state index contributed by atoms with van der Waals surface area (Å²) < 4.78 is 42.3. The molecule has 21 heavy (non-hydrogen) atoms. The van der Waals surface area contributed by atoms with Crippen molar-refractivity contribution in [2.75, 3.05) is 18.2 Å². The van der Waals surface area contributed by atoms with E-state index in [1.54, 1.807) is 0 Å². The van der Waals surface area contributed by atoms with Crippen molar-refractivity contribution in [3.63, 3.8) is 0 Å². The maximum atomic E-state index is 12.4. The second-order valence-corrected chi connectivity index (χ2v) is 4.19. The van der Waals surface area contributed by atoms with Gasteiger partial charge in [-0.15, -0.1) is 0 Å². The maximum absolute atomic E-state index is 12.4. The number of methoxy groups -OCH3 is 1. The molecule has 0 saturated heterocycles. The average molecular weight is 298 g/mol. The van der Waals surface area contributed by atoms with Gasteiger partial charge in [0.05, 0.1) is 12.7 Å². The maximum Gasteiger partial charge on any atom is 0.416 e. The molecule has 0 unspecified atom stereocenters. The fourth-order valence-electron chi connectivity index (χ4n) is 1.68. The Labute approximate surface area is 119 Å². The van der Waals surface area contributed by atoms with Crippen molar-refractivity contribution < 1.29 is 17.9 Å². The Morgan fingerprint density at radius 1 is 1.19 bits per heavy atom. The summed E-state index contributed by atoms with van der Waals surface area (Å²) in [7, 11) is 1.43. The molecule has 0 spiro atoms. The predicted octanol–water partition coefficient (Wildman–Crippen LogP) is 2.70. The topological polar surface area (TPSA) is 73.1 Å². The van der Waals surface area contributed by atoms with Crippen LogP contribution in [0.25, 0.3) is 0 Å². The summed E-state index contributed by atoms with van der Waals surface area (Å²) >= 11 is 0. The van der Waals surface area contributed by atoms with Crippen molar-refractivity contribution in [3.8, 4) is 5.88 Å². The quantitative estimate of drug-likeness (QED) is 0.908. The normalized spacial score (nSPS) is 11.2. The number of ether oxygens (including phenoxy) is 1. The molecule has 2 rings (SSSR count). The number of nitrogen functional groups attached to an aromatic ring is 1. The van der Waals surface area contributed by atoms with Crippen LogP contribution in [0.3, 0.4) is 0 Å².